The number of anilines is 1. The van der Waals surface area contributed by atoms with Gasteiger partial charge in [-0.3, -0.25) is 4.79 Å². The fourth-order valence-corrected chi connectivity index (χ4v) is 1.54. The highest BCUT2D eigenvalue weighted by Gasteiger charge is 2.27. The Labute approximate surface area is 112 Å². The fourth-order valence-electron chi connectivity index (χ4n) is 1.54. The molecule has 4 N–H and O–H groups in total. The average Bonchev–Trinajstić information content (AvgIpc) is 2.29. The van der Waals surface area contributed by atoms with Crippen LogP contribution in [0.3, 0.4) is 0 Å². The average molecular weight is 264 g/mol. The molecule has 1 aromatic carbocycles. The first-order chi connectivity index (χ1) is 8.62. The molecular weight excluding hydrogens is 244 g/mol. The van der Waals surface area contributed by atoms with Crippen LogP contribution in [0.15, 0.2) is 18.2 Å². The van der Waals surface area contributed by atoms with Crippen LogP contribution in [-0.4, -0.2) is 23.0 Å². The number of nitrogens with one attached hydrogen (secondary N) is 1. The molecule has 1 amide bonds. The number of nitrogens with two attached hydrogens (primary N) is 1. The third-order valence-electron chi connectivity index (χ3n) is 2.95. The molecule has 1 atom stereocenters. The predicted molar refractivity (Wildman–Crippen MR) is 74.2 cm³/mol. The Morgan fingerprint density at radius 2 is 1.89 bits per heavy atom. The number of carbonyl (C=O) groups is 2. The third kappa shape index (κ3) is 3.79. The van der Waals surface area contributed by atoms with E-state index in [1.165, 1.54) is 12.1 Å². The van der Waals surface area contributed by atoms with Gasteiger partial charge in [-0.15, -0.1) is 0 Å². The van der Waals surface area contributed by atoms with Crippen LogP contribution >= 0.6 is 0 Å². The van der Waals surface area contributed by atoms with Gasteiger partial charge in [0, 0.05) is 5.69 Å². The Bertz CT molecular complexity index is 504. The summed E-state index contributed by atoms with van der Waals surface area (Å²) in [4.78, 5) is 22.8. The van der Waals surface area contributed by atoms with E-state index in [0.29, 0.717) is 11.3 Å². The van der Waals surface area contributed by atoms with Crippen molar-refractivity contribution in [1.29, 1.82) is 0 Å². The van der Waals surface area contributed by atoms with Gasteiger partial charge in [-0.05, 0) is 36.1 Å². The number of carboxylic acids is 1. The number of carbonyl (C=O) groups excluding carboxylic acids is 1. The van der Waals surface area contributed by atoms with Gasteiger partial charge in [0.05, 0.1) is 11.6 Å². The monoisotopic (exact) mass is 264 g/mol. The van der Waals surface area contributed by atoms with E-state index in [1.54, 1.807) is 13.0 Å². The van der Waals surface area contributed by atoms with Crippen molar-refractivity contribution in [2.75, 3.05) is 5.32 Å². The van der Waals surface area contributed by atoms with Crippen molar-refractivity contribution >= 4 is 17.6 Å². The molecule has 104 valence electrons. The molecule has 0 aliphatic carbocycles. The molecule has 1 aromatic rings. The quantitative estimate of drug-likeness (QED) is 0.778. The summed E-state index contributed by atoms with van der Waals surface area (Å²) >= 11 is 0. The van der Waals surface area contributed by atoms with Gasteiger partial charge in [-0.2, -0.15) is 0 Å². The molecule has 0 saturated heterocycles. The summed E-state index contributed by atoms with van der Waals surface area (Å²) < 4.78 is 0. The van der Waals surface area contributed by atoms with E-state index in [0.717, 1.165) is 0 Å². The van der Waals surface area contributed by atoms with Crippen LogP contribution in [-0.2, 0) is 4.79 Å². The number of rotatable bonds is 3. The normalized spacial score (nSPS) is 12.9. The zero-order valence-electron chi connectivity index (χ0n) is 11.7. The van der Waals surface area contributed by atoms with E-state index in [9.17, 15) is 9.59 Å². The molecule has 0 fully saturated rings. The lowest BCUT2D eigenvalue weighted by molar-refractivity contribution is -0.119. The van der Waals surface area contributed by atoms with Gasteiger partial charge in [0.1, 0.15) is 0 Å². The highest BCUT2D eigenvalue weighted by Crippen LogP contribution is 2.21. The summed E-state index contributed by atoms with van der Waals surface area (Å²) in [6, 6.07) is 3.91. The highest BCUT2D eigenvalue weighted by atomic mass is 16.4. The minimum atomic E-state index is -0.993. The van der Waals surface area contributed by atoms with Gasteiger partial charge in [0.2, 0.25) is 5.91 Å². The molecule has 0 aliphatic rings. The van der Waals surface area contributed by atoms with Gasteiger partial charge in [0.25, 0.3) is 0 Å². The number of hydrogen-bond donors (Lipinski definition) is 3. The smallest absolute Gasteiger partial charge is 0.335 e. The summed E-state index contributed by atoms with van der Waals surface area (Å²) in [5.41, 5.74) is 6.99. The molecule has 0 heterocycles. The predicted octanol–water partition coefficient (Wildman–Crippen LogP) is 2.01. The summed E-state index contributed by atoms with van der Waals surface area (Å²) in [5.74, 6) is -1.27. The maximum Gasteiger partial charge on any atom is 0.335 e. The fraction of sp³-hybridized carbons (Fsp3) is 0.429. The molecule has 0 spiro atoms. The first kappa shape index (κ1) is 15.2. The number of aromatic carboxylic acids is 1. The van der Waals surface area contributed by atoms with Crippen molar-refractivity contribution in [2.24, 2.45) is 11.1 Å². The van der Waals surface area contributed by atoms with E-state index < -0.39 is 12.0 Å². The van der Waals surface area contributed by atoms with E-state index in [2.05, 4.69) is 5.32 Å². The molecule has 0 radical (unpaired) electrons. The summed E-state index contributed by atoms with van der Waals surface area (Å²) in [6.45, 7) is 7.40. The minimum Gasteiger partial charge on any atom is -0.478 e. The number of hydrogen-bond acceptors (Lipinski definition) is 3. The van der Waals surface area contributed by atoms with Crippen molar-refractivity contribution in [3.05, 3.63) is 29.3 Å². The second-order valence-corrected chi connectivity index (χ2v) is 5.67. The maximum absolute atomic E-state index is 12.0. The SMILES string of the molecule is Cc1cc(C(=O)O)ccc1NC(=O)C(N)C(C)(C)C. The number of benzene rings is 1. The molecule has 0 aromatic heterocycles. The van der Waals surface area contributed by atoms with Crippen molar-refractivity contribution in [3.63, 3.8) is 0 Å². The lowest BCUT2D eigenvalue weighted by Crippen LogP contribution is -2.45. The molecule has 0 bridgehead atoms. The van der Waals surface area contributed by atoms with Crippen LogP contribution < -0.4 is 11.1 Å². The Balaban J connectivity index is 2.89. The van der Waals surface area contributed by atoms with Crippen LogP contribution in [0.4, 0.5) is 5.69 Å². The highest BCUT2D eigenvalue weighted by molar-refractivity contribution is 5.96. The van der Waals surface area contributed by atoms with Gasteiger partial charge < -0.3 is 16.2 Å². The molecular formula is C14H20N2O3. The Morgan fingerprint density at radius 1 is 1.32 bits per heavy atom. The van der Waals surface area contributed by atoms with Crippen LogP contribution in [0.25, 0.3) is 0 Å². The summed E-state index contributed by atoms with van der Waals surface area (Å²) in [7, 11) is 0. The molecule has 1 unspecified atom stereocenters. The van der Waals surface area contributed by atoms with Gasteiger partial charge in [0.15, 0.2) is 0 Å². The standard InChI is InChI=1S/C14H20N2O3/c1-8-7-9(13(18)19)5-6-10(8)16-12(17)11(15)14(2,3)4/h5-7,11H,15H2,1-4H3,(H,16,17)(H,18,19). The van der Waals surface area contributed by atoms with E-state index >= 15 is 0 Å². The molecule has 0 saturated carbocycles. The lowest BCUT2D eigenvalue weighted by Gasteiger charge is -2.26. The van der Waals surface area contributed by atoms with Gasteiger partial charge in [-0.25, -0.2) is 4.79 Å². The molecule has 5 heteroatoms. The Morgan fingerprint density at radius 3 is 2.32 bits per heavy atom. The van der Waals surface area contributed by atoms with Crippen molar-refractivity contribution in [3.8, 4) is 0 Å². The first-order valence-electron chi connectivity index (χ1n) is 6.03. The first-order valence-corrected chi connectivity index (χ1v) is 6.03. The van der Waals surface area contributed by atoms with Crippen molar-refractivity contribution in [1.82, 2.24) is 0 Å². The van der Waals surface area contributed by atoms with Gasteiger partial charge in [-0.1, -0.05) is 20.8 Å². The molecule has 5 nitrogen and oxygen atoms in total. The zero-order valence-corrected chi connectivity index (χ0v) is 11.7. The largest absolute Gasteiger partial charge is 0.478 e. The van der Waals surface area contributed by atoms with E-state index in [1.807, 2.05) is 20.8 Å². The van der Waals surface area contributed by atoms with Crippen LogP contribution in [0.5, 0.6) is 0 Å². The molecule has 19 heavy (non-hydrogen) atoms. The molecule has 0 aliphatic heterocycles. The topological polar surface area (TPSA) is 92.4 Å². The number of carboxylic acid groups (broad SMARTS) is 1. The van der Waals surface area contributed by atoms with Crippen LogP contribution in [0.1, 0.15) is 36.7 Å². The minimum absolute atomic E-state index is 0.190. The van der Waals surface area contributed by atoms with Crippen LogP contribution in [0, 0.1) is 12.3 Å². The van der Waals surface area contributed by atoms with E-state index in [-0.39, 0.29) is 16.9 Å². The maximum atomic E-state index is 12.0. The second kappa shape index (κ2) is 5.40. The second-order valence-electron chi connectivity index (χ2n) is 5.67. The summed E-state index contributed by atoms with van der Waals surface area (Å²) in [6.07, 6.45) is 0. The number of amides is 1. The van der Waals surface area contributed by atoms with Crippen molar-refractivity contribution in [2.45, 2.75) is 33.7 Å². The lowest BCUT2D eigenvalue weighted by atomic mass is 9.87. The van der Waals surface area contributed by atoms with Gasteiger partial charge >= 0.3 is 5.97 Å². The van der Waals surface area contributed by atoms with E-state index in [4.69, 9.17) is 10.8 Å². The molecule has 1 rings (SSSR count). The van der Waals surface area contributed by atoms with Crippen LogP contribution in [0.2, 0.25) is 0 Å². The van der Waals surface area contributed by atoms with Crippen molar-refractivity contribution < 1.29 is 14.7 Å². The third-order valence-corrected chi connectivity index (χ3v) is 2.95. The summed E-state index contributed by atoms with van der Waals surface area (Å²) in [5, 5.41) is 11.6. The Hall–Kier alpha value is -1.88. The number of aryl methyl sites for hydroxylation is 1. The zero-order chi connectivity index (χ0) is 14.8. The Kier molecular flexibility index (Phi) is 4.32.